The van der Waals surface area contributed by atoms with Crippen LogP contribution in [0.5, 0.6) is 0 Å². The number of aliphatic hydroxyl groups excluding tert-OH is 2. The van der Waals surface area contributed by atoms with Gasteiger partial charge in [-0.1, -0.05) is 238 Å². The van der Waals surface area contributed by atoms with E-state index in [-0.39, 0.29) is 24.9 Å². The summed E-state index contributed by atoms with van der Waals surface area (Å²) in [5, 5.41) is 23.8. The average molecular weight is 834 g/mol. The molecule has 6 heteroatoms. The molecule has 0 aromatic heterocycles. The molecule has 0 aromatic carbocycles. The second-order valence-electron chi connectivity index (χ2n) is 18.3. The minimum atomic E-state index is -0.784. The third-order valence-corrected chi connectivity index (χ3v) is 12.3. The van der Waals surface area contributed by atoms with Crippen molar-refractivity contribution >= 4 is 11.9 Å². The molecule has 0 aliphatic heterocycles. The molecule has 6 nitrogen and oxygen atoms in total. The first-order valence-corrected chi connectivity index (χ1v) is 26.4. The minimum Gasteiger partial charge on any atom is -0.462 e. The van der Waals surface area contributed by atoms with Gasteiger partial charge in [0.25, 0.3) is 0 Å². The molecule has 1 amide bonds. The van der Waals surface area contributed by atoms with Crippen molar-refractivity contribution in [1.29, 1.82) is 0 Å². The Labute approximate surface area is 368 Å². The molecule has 0 rings (SSSR count). The predicted octanol–water partition coefficient (Wildman–Crippen LogP) is 15.7. The van der Waals surface area contributed by atoms with Crippen molar-refractivity contribution in [1.82, 2.24) is 5.32 Å². The van der Waals surface area contributed by atoms with Crippen LogP contribution in [0.4, 0.5) is 0 Å². The van der Waals surface area contributed by atoms with Crippen LogP contribution >= 0.6 is 0 Å². The van der Waals surface area contributed by atoms with Gasteiger partial charge in [-0.15, -0.1) is 0 Å². The average Bonchev–Trinajstić information content (AvgIpc) is 3.23. The molecule has 0 aromatic rings. The maximum absolute atomic E-state index is 13.2. The van der Waals surface area contributed by atoms with Crippen molar-refractivity contribution in [2.75, 3.05) is 6.61 Å². The molecule has 0 spiro atoms. The maximum atomic E-state index is 13.2. The zero-order valence-corrected chi connectivity index (χ0v) is 39.9. The number of carbonyl (C=O) groups excluding carboxylic acids is 2. The number of hydrogen-bond donors (Lipinski definition) is 3. The standard InChI is InChI=1S/C53H103NO5/c1-4-7-10-13-16-19-22-24-25-26-27-29-30-33-36-39-42-45-51(56)50(48-55)54-52(57)47-49(44-41-38-35-32-21-18-15-12-9-6-3)59-53(58)46-43-40-37-34-31-28-23-20-17-14-11-8-5-2/h28,31,49-51,55-56H,4-27,29-30,32-48H2,1-3H3,(H,54,57)/b31-28-. The lowest BCUT2D eigenvalue weighted by atomic mass is 10.0. The summed E-state index contributed by atoms with van der Waals surface area (Å²) in [6.45, 7) is 6.49. The molecule has 0 aliphatic carbocycles. The largest absolute Gasteiger partial charge is 0.462 e. The molecule has 0 saturated heterocycles. The third-order valence-electron chi connectivity index (χ3n) is 12.3. The number of rotatable bonds is 48. The van der Waals surface area contributed by atoms with Crippen LogP contribution in [0.2, 0.25) is 0 Å². The molecule has 350 valence electrons. The Bertz CT molecular complexity index is 893. The monoisotopic (exact) mass is 834 g/mol. The molecule has 3 unspecified atom stereocenters. The lowest BCUT2D eigenvalue weighted by molar-refractivity contribution is -0.151. The van der Waals surface area contributed by atoms with Gasteiger partial charge in [0, 0.05) is 6.42 Å². The normalized spacial score (nSPS) is 13.2. The van der Waals surface area contributed by atoms with Crippen LogP contribution in [-0.4, -0.2) is 46.9 Å². The Balaban J connectivity index is 4.43. The van der Waals surface area contributed by atoms with Gasteiger partial charge < -0.3 is 20.3 Å². The Hall–Kier alpha value is -1.40. The summed E-state index contributed by atoms with van der Waals surface area (Å²) in [4.78, 5) is 26.1. The Morgan fingerprint density at radius 1 is 0.475 bits per heavy atom. The molecule has 0 fully saturated rings. The zero-order valence-electron chi connectivity index (χ0n) is 39.9. The Kier molecular flexibility index (Phi) is 46.5. The fourth-order valence-electron chi connectivity index (χ4n) is 8.31. The van der Waals surface area contributed by atoms with Gasteiger partial charge in [-0.3, -0.25) is 9.59 Å². The van der Waals surface area contributed by atoms with Gasteiger partial charge in [0.1, 0.15) is 6.10 Å². The van der Waals surface area contributed by atoms with Gasteiger partial charge in [0.15, 0.2) is 0 Å². The maximum Gasteiger partial charge on any atom is 0.306 e. The first-order chi connectivity index (χ1) is 29.0. The summed E-state index contributed by atoms with van der Waals surface area (Å²) in [5.41, 5.74) is 0. The second-order valence-corrected chi connectivity index (χ2v) is 18.3. The highest BCUT2D eigenvalue weighted by atomic mass is 16.5. The second kappa shape index (κ2) is 47.6. The molecule has 0 radical (unpaired) electrons. The molecule has 0 aliphatic rings. The van der Waals surface area contributed by atoms with Gasteiger partial charge in [-0.2, -0.15) is 0 Å². The topological polar surface area (TPSA) is 95.9 Å². The fraction of sp³-hybridized carbons (Fsp3) is 0.925. The lowest BCUT2D eigenvalue weighted by Gasteiger charge is -2.24. The van der Waals surface area contributed by atoms with Crippen LogP contribution in [-0.2, 0) is 14.3 Å². The third kappa shape index (κ3) is 43.1. The lowest BCUT2D eigenvalue weighted by Crippen LogP contribution is -2.46. The summed E-state index contributed by atoms with van der Waals surface area (Å²) in [5.74, 6) is -0.478. The van der Waals surface area contributed by atoms with Crippen LogP contribution in [0, 0.1) is 0 Å². The highest BCUT2D eigenvalue weighted by molar-refractivity contribution is 5.77. The number of nitrogens with one attached hydrogen (secondary N) is 1. The molecule has 3 N–H and O–H groups in total. The Morgan fingerprint density at radius 2 is 0.814 bits per heavy atom. The van der Waals surface area contributed by atoms with Crippen LogP contribution in [0.3, 0.4) is 0 Å². The molecule has 0 bridgehead atoms. The first kappa shape index (κ1) is 57.6. The minimum absolute atomic E-state index is 0.0783. The number of ether oxygens (including phenoxy) is 1. The molecule has 3 atom stereocenters. The molecule has 59 heavy (non-hydrogen) atoms. The SMILES string of the molecule is CCCCCCCC/C=C\CCCCCC(=O)OC(CCCCCCCCCCCC)CC(=O)NC(CO)C(O)CCCCCCCCCCCCCCCCCCC. The molecule has 0 heterocycles. The van der Waals surface area contributed by atoms with E-state index in [2.05, 4.69) is 38.2 Å². The van der Waals surface area contributed by atoms with Crippen molar-refractivity contribution in [2.45, 2.75) is 309 Å². The van der Waals surface area contributed by atoms with E-state index in [1.807, 2.05) is 0 Å². The number of allylic oxidation sites excluding steroid dienone is 2. The summed E-state index contributed by atoms with van der Waals surface area (Å²) in [7, 11) is 0. The molecule has 0 saturated carbocycles. The van der Waals surface area contributed by atoms with Crippen molar-refractivity contribution in [3.8, 4) is 0 Å². The van der Waals surface area contributed by atoms with E-state index in [1.165, 1.54) is 193 Å². The van der Waals surface area contributed by atoms with Crippen molar-refractivity contribution in [2.24, 2.45) is 0 Å². The van der Waals surface area contributed by atoms with Crippen LogP contribution in [0.25, 0.3) is 0 Å². The van der Waals surface area contributed by atoms with E-state index in [1.54, 1.807) is 0 Å². The first-order valence-electron chi connectivity index (χ1n) is 26.4. The summed E-state index contributed by atoms with van der Waals surface area (Å²) < 4.78 is 5.91. The van der Waals surface area contributed by atoms with E-state index in [0.29, 0.717) is 19.3 Å². The van der Waals surface area contributed by atoms with Crippen molar-refractivity contribution in [3.63, 3.8) is 0 Å². The Morgan fingerprint density at radius 3 is 1.20 bits per heavy atom. The number of hydrogen-bond acceptors (Lipinski definition) is 5. The van der Waals surface area contributed by atoms with Crippen LogP contribution in [0.1, 0.15) is 290 Å². The van der Waals surface area contributed by atoms with E-state index < -0.39 is 18.2 Å². The summed E-state index contributed by atoms with van der Waals surface area (Å²) in [6.07, 6.45) is 52.7. The number of esters is 1. The van der Waals surface area contributed by atoms with Crippen LogP contribution < -0.4 is 5.32 Å². The van der Waals surface area contributed by atoms with Gasteiger partial charge in [-0.25, -0.2) is 0 Å². The number of unbranched alkanes of at least 4 members (excludes halogenated alkanes) is 34. The van der Waals surface area contributed by atoms with Gasteiger partial charge in [0.05, 0.1) is 25.2 Å². The number of amides is 1. The number of carbonyl (C=O) groups is 2. The highest BCUT2D eigenvalue weighted by Crippen LogP contribution is 2.18. The quantitative estimate of drug-likeness (QED) is 0.0322. The molecular weight excluding hydrogens is 731 g/mol. The van der Waals surface area contributed by atoms with Crippen molar-refractivity contribution < 1.29 is 24.5 Å². The van der Waals surface area contributed by atoms with Gasteiger partial charge >= 0.3 is 5.97 Å². The summed E-state index contributed by atoms with van der Waals surface area (Å²) >= 11 is 0. The highest BCUT2D eigenvalue weighted by Gasteiger charge is 2.24. The van der Waals surface area contributed by atoms with Crippen molar-refractivity contribution in [3.05, 3.63) is 12.2 Å². The predicted molar refractivity (Wildman–Crippen MR) is 255 cm³/mol. The van der Waals surface area contributed by atoms with E-state index >= 15 is 0 Å². The van der Waals surface area contributed by atoms with Gasteiger partial charge in [-0.05, 0) is 51.4 Å². The molecular formula is C53H103NO5. The van der Waals surface area contributed by atoms with E-state index in [4.69, 9.17) is 4.74 Å². The van der Waals surface area contributed by atoms with Gasteiger partial charge in [0.2, 0.25) is 5.91 Å². The number of aliphatic hydroxyl groups is 2. The zero-order chi connectivity index (χ0) is 43.1. The van der Waals surface area contributed by atoms with Crippen LogP contribution in [0.15, 0.2) is 12.2 Å². The summed E-state index contributed by atoms with van der Waals surface area (Å²) in [6, 6.07) is -0.697. The van der Waals surface area contributed by atoms with E-state index in [9.17, 15) is 19.8 Å². The smallest absolute Gasteiger partial charge is 0.306 e. The van der Waals surface area contributed by atoms with E-state index in [0.717, 1.165) is 51.4 Å². The fourth-order valence-corrected chi connectivity index (χ4v) is 8.31.